The first-order valence-corrected chi connectivity index (χ1v) is 6.68. The molecule has 1 nitrogen and oxygen atoms in total. The molecule has 1 heteroatoms. The Bertz CT molecular complexity index is 582. The summed E-state index contributed by atoms with van der Waals surface area (Å²) >= 11 is 0. The van der Waals surface area contributed by atoms with Gasteiger partial charge >= 0.3 is 0 Å². The van der Waals surface area contributed by atoms with Gasteiger partial charge in [0, 0.05) is 11.6 Å². The van der Waals surface area contributed by atoms with E-state index in [1.165, 1.54) is 16.7 Å². The van der Waals surface area contributed by atoms with Crippen molar-refractivity contribution in [2.45, 2.75) is 26.7 Å². The van der Waals surface area contributed by atoms with Crippen LogP contribution in [0.25, 0.3) is 6.08 Å². The fraction of sp³-hybridized carbons (Fsp3) is 0.222. The minimum absolute atomic E-state index is 0.318. The van der Waals surface area contributed by atoms with Gasteiger partial charge in [0.05, 0.1) is 0 Å². The van der Waals surface area contributed by atoms with Crippen molar-refractivity contribution in [3.05, 3.63) is 70.8 Å². The van der Waals surface area contributed by atoms with Crippen LogP contribution in [0.1, 0.15) is 35.1 Å². The molecule has 19 heavy (non-hydrogen) atoms. The summed E-state index contributed by atoms with van der Waals surface area (Å²) in [7, 11) is 0. The SMILES string of the molecule is Cc1cc(C)c(N)c(C(C)/C=C/c2ccccc2)c1. The molecule has 98 valence electrons. The van der Waals surface area contributed by atoms with E-state index in [-0.39, 0.29) is 0 Å². The summed E-state index contributed by atoms with van der Waals surface area (Å²) in [6.45, 7) is 6.37. The monoisotopic (exact) mass is 251 g/mol. The second-order valence-corrected chi connectivity index (χ2v) is 5.14. The van der Waals surface area contributed by atoms with E-state index in [1.807, 2.05) is 6.07 Å². The molecule has 1 atom stereocenters. The van der Waals surface area contributed by atoms with Gasteiger partial charge in [-0.2, -0.15) is 0 Å². The molecule has 0 radical (unpaired) electrons. The standard InChI is InChI=1S/C18H21N/c1-13-11-15(3)18(19)17(12-13)14(2)9-10-16-7-5-4-6-8-16/h4-12,14H,19H2,1-3H3/b10-9+. The molecular weight excluding hydrogens is 230 g/mol. The Morgan fingerprint density at radius 3 is 2.42 bits per heavy atom. The van der Waals surface area contributed by atoms with Crippen molar-refractivity contribution in [3.8, 4) is 0 Å². The molecule has 0 aliphatic carbocycles. The highest BCUT2D eigenvalue weighted by molar-refractivity contribution is 5.59. The number of hydrogen-bond acceptors (Lipinski definition) is 1. The zero-order valence-electron chi connectivity index (χ0n) is 11.9. The summed E-state index contributed by atoms with van der Waals surface area (Å²) in [4.78, 5) is 0. The predicted octanol–water partition coefficient (Wildman–Crippen LogP) is 4.70. The van der Waals surface area contributed by atoms with Crippen LogP contribution in [0.5, 0.6) is 0 Å². The van der Waals surface area contributed by atoms with Gasteiger partial charge in [-0.1, -0.05) is 67.1 Å². The van der Waals surface area contributed by atoms with Crippen LogP contribution in [0.15, 0.2) is 48.5 Å². The van der Waals surface area contributed by atoms with Crippen molar-refractivity contribution in [1.82, 2.24) is 0 Å². The minimum Gasteiger partial charge on any atom is -0.398 e. The van der Waals surface area contributed by atoms with Crippen molar-refractivity contribution in [1.29, 1.82) is 0 Å². The van der Waals surface area contributed by atoms with Crippen LogP contribution >= 0.6 is 0 Å². The molecule has 0 saturated heterocycles. The van der Waals surface area contributed by atoms with E-state index in [2.05, 4.69) is 69.3 Å². The van der Waals surface area contributed by atoms with Gasteiger partial charge in [-0.25, -0.2) is 0 Å². The fourth-order valence-electron chi connectivity index (χ4n) is 2.31. The summed E-state index contributed by atoms with van der Waals surface area (Å²) < 4.78 is 0. The lowest BCUT2D eigenvalue weighted by atomic mass is 9.94. The van der Waals surface area contributed by atoms with E-state index < -0.39 is 0 Å². The zero-order chi connectivity index (χ0) is 13.8. The number of rotatable bonds is 3. The van der Waals surface area contributed by atoms with E-state index in [0.29, 0.717) is 5.92 Å². The second kappa shape index (κ2) is 5.75. The summed E-state index contributed by atoms with van der Waals surface area (Å²) in [5, 5.41) is 0. The van der Waals surface area contributed by atoms with Crippen LogP contribution in [0.4, 0.5) is 5.69 Å². The minimum atomic E-state index is 0.318. The van der Waals surface area contributed by atoms with Crippen LogP contribution < -0.4 is 5.73 Å². The Morgan fingerprint density at radius 1 is 1.05 bits per heavy atom. The van der Waals surface area contributed by atoms with E-state index in [1.54, 1.807) is 0 Å². The molecule has 1 unspecified atom stereocenters. The summed E-state index contributed by atoms with van der Waals surface area (Å²) in [6.07, 6.45) is 4.36. The van der Waals surface area contributed by atoms with Crippen LogP contribution in [0.3, 0.4) is 0 Å². The van der Waals surface area contributed by atoms with Gasteiger partial charge < -0.3 is 5.73 Å². The molecule has 2 N–H and O–H groups in total. The third-order valence-electron chi connectivity index (χ3n) is 3.43. The molecule has 0 aliphatic rings. The van der Waals surface area contributed by atoms with E-state index >= 15 is 0 Å². The normalized spacial score (nSPS) is 12.8. The number of anilines is 1. The number of nitrogens with two attached hydrogens (primary N) is 1. The smallest absolute Gasteiger partial charge is 0.0382 e. The molecule has 0 amide bonds. The number of benzene rings is 2. The van der Waals surface area contributed by atoms with Crippen LogP contribution in [0.2, 0.25) is 0 Å². The quantitative estimate of drug-likeness (QED) is 0.786. The maximum absolute atomic E-state index is 6.19. The Balaban J connectivity index is 2.25. The lowest BCUT2D eigenvalue weighted by molar-refractivity contribution is 0.970. The molecule has 2 aromatic carbocycles. The van der Waals surface area contributed by atoms with E-state index in [9.17, 15) is 0 Å². The van der Waals surface area contributed by atoms with Gasteiger partial charge in [-0.3, -0.25) is 0 Å². The largest absolute Gasteiger partial charge is 0.398 e. The Morgan fingerprint density at radius 2 is 1.74 bits per heavy atom. The highest BCUT2D eigenvalue weighted by atomic mass is 14.6. The Kier molecular flexibility index (Phi) is 4.06. The first-order chi connectivity index (χ1) is 9.08. The van der Waals surface area contributed by atoms with Gasteiger partial charge in [0.1, 0.15) is 0 Å². The van der Waals surface area contributed by atoms with E-state index in [0.717, 1.165) is 11.3 Å². The third kappa shape index (κ3) is 3.25. The van der Waals surface area contributed by atoms with Crippen molar-refractivity contribution >= 4 is 11.8 Å². The number of allylic oxidation sites excluding steroid dienone is 1. The average Bonchev–Trinajstić information content (AvgIpc) is 2.41. The summed E-state index contributed by atoms with van der Waals surface area (Å²) in [5.41, 5.74) is 12.0. The summed E-state index contributed by atoms with van der Waals surface area (Å²) in [5.74, 6) is 0.318. The molecule has 2 aromatic rings. The number of hydrogen-bond donors (Lipinski definition) is 1. The van der Waals surface area contributed by atoms with Gasteiger partial charge in [0.25, 0.3) is 0 Å². The van der Waals surface area contributed by atoms with Crippen molar-refractivity contribution < 1.29 is 0 Å². The van der Waals surface area contributed by atoms with E-state index in [4.69, 9.17) is 5.73 Å². The predicted molar refractivity (Wildman–Crippen MR) is 84.2 cm³/mol. The van der Waals surface area contributed by atoms with Gasteiger partial charge in [0.15, 0.2) is 0 Å². The molecular formula is C18H21N. The molecule has 0 aliphatic heterocycles. The topological polar surface area (TPSA) is 26.0 Å². The number of aryl methyl sites for hydroxylation is 2. The van der Waals surface area contributed by atoms with Crippen LogP contribution in [-0.2, 0) is 0 Å². The van der Waals surface area contributed by atoms with Crippen molar-refractivity contribution in [2.24, 2.45) is 0 Å². The molecule has 0 saturated carbocycles. The summed E-state index contributed by atoms with van der Waals surface area (Å²) in [6, 6.07) is 14.7. The van der Waals surface area contributed by atoms with Crippen LogP contribution in [-0.4, -0.2) is 0 Å². The highest BCUT2D eigenvalue weighted by Gasteiger charge is 2.08. The first kappa shape index (κ1) is 13.4. The van der Waals surface area contributed by atoms with Gasteiger partial charge in [-0.05, 0) is 30.5 Å². The van der Waals surface area contributed by atoms with Gasteiger partial charge in [0.2, 0.25) is 0 Å². The van der Waals surface area contributed by atoms with Crippen molar-refractivity contribution in [3.63, 3.8) is 0 Å². The lowest BCUT2D eigenvalue weighted by Crippen LogP contribution is -2.00. The molecule has 0 aromatic heterocycles. The molecule has 0 heterocycles. The second-order valence-electron chi connectivity index (χ2n) is 5.14. The Labute approximate surface area is 115 Å². The average molecular weight is 251 g/mol. The molecule has 0 fully saturated rings. The maximum Gasteiger partial charge on any atom is 0.0382 e. The first-order valence-electron chi connectivity index (χ1n) is 6.68. The zero-order valence-corrected chi connectivity index (χ0v) is 11.9. The molecule has 0 spiro atoms. The third-order valence-corrected chi connectivity index (χ3v) is 3.43. The fourth-order valence-corrected chi connectivity index (χ4v) is 2.31. The molecule has 0 bridgehead atoms. The lowest BCUT2D eigenvalue weighted by Gasteiger charge is -2.14. The van der Waals surface area contributed by atoms with Crippen LogP contribution in [0, 0.1) is 13.8 Å². The van der Waals surface area contributed by atoms with Crippen molar-refractivity contribution in [2.75, 3.05) is 5.73 Å². The molecule has 2 rings (SSSR count). The van der Waals surface area contributed by atoms with Gasteiger partial charge in [-0.15, -0.1) is 0 Å². The maximum atomic E-state index is 6.19. The number of nitrogen functional groups attached to an aromatic ring is 1. The Hall–Kier alpha value is -2.02. The highest BCUT2D eigenvalue weighted by Crippen LogP contribution is 2.28.